The van der Waals surface area contributed by atoms with Crippen LogP contribution in [0.2, 0.25) is 0 Å². The molecule has 0 saturated carbocycles. The van der Waals surface area contributed by atoms with E-state index in [1.165, 1.54) is 4.57 Å². The standard InChI is InChI=1S/C16H14N2O4/c1-9-7-14-13(18(2)16(21)22-14)8-12(9)10-3-5-11(6-4-10)17-15(19)20/h3-8,17H,1-2H3,(H,19,20). The van der Waals surface area contributed by atoms with Crippen LogP contribution < -0.4 is 11.1 Å². The van der Waals surface area contributed by atoms with Crippen LogP contribution in [0.5, 0.6) is 0 Å². The number of aromatic nitrogens is 1. The second-order valence-corrected chi connectivity index (χ2v) is 5.07. The lowest BCUT2D eigenvalue weighted by Gasteiger charge is -2.08. The molecule has 0 aliphatic carbocycles. The van der Waals surface area contributed by atoms with E-state index in [4.69, 9.17) is 9.52 Å². The molecule has 0 radical (unpaired) electrons. The third-order valence-corrected chi connectivity index (χ3v) is 3.59. The molecule has 2 aromatic carbocycles. The summed E-state index contributed by atoms with van der Waals surface area (Å²) in [5.74, 6) is -0.396. The van der Waals surface area contributed by atoms with Crippen molar-refractivity contribution in [2.75, 3.05) is 5.32 Å². The summed E-state index contributed by atoms with van der Waals surface area (Å²) in [6, 6.07) is 10.8. The van der Waals surface area contributed by atoms with Gasteiger partial charge in [0.25, 0.3) is 0 Å². The van der Waals surface area contributed by atoms with Crippen molar-refractivity contribution < 1.29 is 14.3 Å². The molecule has 6 nitrogen and oxygen atoms in total. The predicted molar refractivity (Wildman–Crippen MR) is 83.3 cm³/mol. The van der Waals surface area contributed by atoms with Gasteiger partial charge in [0, 0.05) is 12.7 Å². The number of fused-ring (bicyclic) bond motifs is 1. The van der Waals surface area contributed by atoms with E-state index in [2.05, 4.69) is 5.32 Å². The normalized spacial score (nSPS) is 10.8. The summed E-state index contributed by atoms with van der Waals surface area (Å²) in [5, 5.41) is 11.0. The van der Waals surface area contributed by atoms with Gasteiger partial charge < -0.3 is 9.52 Å². The summed E-state index contributed by atoms with van der Waals surface area (Å²) in [6.07, 6.45) is -1.10. The third-order valence-electron chi connectivity index (χ3n) is 3.59. The quantitative estimate of drug-likeness (QED) is 0.761. The van der Waals surface area contributed by atoms with Gasteiger partial charge in [0.2, 0.25) is 0 Å². The molecule has 3 aromatic rings. The summed E-state index contributed by atoms with van der Waals surface area (Å²) >= 11 is 0. The molecular formula is C16H14N2O4. The molecule has 0 unspecified atom stereocenters. The highest BCUT2D eigenvalue weighted by Crippen LogP contribution is 2.28. The van der Waals surface area contributed by atoms with Crippen molar-refractivity contribution in [1.29, 1.82) is 0 Å². The van der Waals surface area contributed by atoms with Crippen LogP contribution in [0.25, 0.3) is 22.2 Å². The molecule has 0 fully saturated rings. The largest absolute Gasteiger partial charge is 0.465 e. The van der Waals surface area contributed by atoms with Gasteiger partial charge in [-0.15, -0.1) is 0 Å². The molecule has 0 atom stereocenters. The van der Waals surface area contributed by atoms with E-state index in [0.29, 0.717) is 11.3 Å². The number of nitrogens with zero attached hydrogens (tertiary/aromatic N) is 1. The van der Waals surface area contributed by atoms with E-state index >= 15 is 0 Å². The molecule has 1 heterocycles. The highest BCUT2D eigenvalue weighted by atomic mass is 16.4. The van der Waals surface area contributed by atoms with Crippen LogP contribution in [0.1, 0.15) is 5.56 Å². The number of nitrogens with one attached hydrogen (secondary N) is 1. The molecule has 2 N–H and O–H groups in total. The first-order valence-corrected chi connectivity index (χ1v) is 6.66. The first-order chi connectivity index (χ1) is 10.5. The van der Waals surface area contributed by atoms with Gasteiger partial charge in [-0.2, -0.15) is 0 Å². The molecule has 0 bridgehead atoms. The second kappa shape index (κ2) is 5.07. The molecule has 0 aliphatic heterocycles. The number of carbonyl (C=O) groups is 1. The van der Waals surface area contributed by atoms with Gasteiger partial charge in [-0.1, -0.05) is 12.1 Å². The lowest BCUT2D eigenvalue weighted by molar-refractivity contribution is 0.210. The molecule has 22 heavy (non-hydrogen) atoms. The van der Waals surface area contributed by atoms with E-state index in [1.807, 2.05) is 31.2 Å². The average molecular weight is 298 g/mol. The highest BCUT2D eigenvalue weighted by Gasteiger charge is 2.11. The summed E-state index contributed by atoms with van der Waals surface area (Å²) in [6.45, 7) is 1.94. The fourth-order valence-electron chi connectivity index (χ4n) is 2.44. The van der Waals surface area contributed by atoms with Crippen LogP contribution in [-0.4, -0.2) is 15.8 Å². The van der Waals surface area contributed by atoms with E-state index in [0.717, 1.165) is 22.2 Å². The van der Waals surface area contributed by atoms with Crippen LogP contribution in [0.3, 0.4) is 0 Å². The first kappa shape index (κ1) is 13.9. The Kier molecular flexibility index (Phi) is 3.21. The zero-order valence-electron chi connectivity index (χ0n) is 12.1. The van der Waals surface area contributed by atoms with Crippen LogP contribution >= 0.6 is 0 Å². The number of rotatable bonds is 2. The Balaban J connectivity index is 2.09. The van der Waals surface area contributed by atoms with Crippen molar-refractivity contribution in [1.82, 2.24) is 4.57 Å². The number of oxazole rings is 1. The SMILES string of the molecule is Cc1cc2oc(=O)n(C)c2cc1-c1ccc(NC(=O)O)cc1. The molecule has 0 aliphatic rings. The zero-order valence-corrected chi connectivity index (χ0v) is 12.1. The highest BCUT2D eigenvalue weighted by molar-refractivity contribution is 5.85. The van der Waals surface area contributed by atoms with Gasteiger partial charge in [-0.05, 0) is 47.9 Å². The van der Waals surface area contributed by atoms with Crippen LogP contribution in [-0.2, 0) is 7.05 Å². The smallest absolute Gasteiger partial charge is 0.419 e. The van der Waals surface area contributed by atoms with Crippen molar-refractivity contribution in [3.8, 4) is 11.1 Å². The molecule has 0 saturated heterocycles. The molecule has 0 spiro atoms. The van der Waals surface area contributed by atoms with Crippen LogP contribution in [0.15, 0.2) is 45.6 Å². The van der Waals surface area contributed by atoms with Crippen LogP contribution in [0, 0.1) is 6.92 Å². The monoisotopic (exact) mass is 298 g/mol. The number of aryl methyl sites for hydroxylation is 2. The van der Waals surface area contributed by atoms with Gasteiger partial charge in [-0.25, -0.2) is 9.59 Å². The fraction of sp³-hybridized carbons (Fsp3) is 0.125. The minimum absolute atomic E-state index is 0.396. The van der Waals surface area contributed by atoms with Gasteiger partial charge in [0.15, 0.2) is 5.58 Å². The van der Waals surface area contributed by atoms with Gasteiger partial charge in [0.1, 0.15) is 0 Å². The number of carboxylic acid groups (broad SMARTS) is 1. The number of hydrogen-bond acceptors (Lipinski definition) is 3. The number of amides is 1. The van der Waals surface area contributed by atoms with Crippen LogP contribution in [0.4, 0.5) is 10.5 Å². The van der Waals surface area contributed by atoms with E-state index in [1.54, 1.807) is 19.2 Å². The lowest BCUT2D eigenvalue weighted by Crippen LogP contribution is -2.08. The maximum atomic E-state index is 11.6. The van der Waals surface area contributed by atoms with E-state index in [9.17, 15) is 9.59 Å². The number of anilines is 1. The molecule has 6 heteroatoms. The maximum absolute atomic E-state index is 11.6. The molecule has 3 rings (SSSR count). The maximum Gasteiger partial charge on any atom is 0.419 e. The Hall–Kier alpha value is -3.02. The topological polar surface area (TPSA) is 84.5 Å². The zero-order chi connectivity index (χ0) is 15.9. The Bertz CT molecular complexity index is 920. The van der Waals surface area contributed by atoms with Crippen molar-refractivity contribution in [3.05, 3.63) is 52.5 Å². The summed E-state index contributed by atoms with van der Waals surface area (Å²) in [7, 11) is 1.66. The van der Waals surface area contributed by atoms with Crippen molar-refractivity contribution in [2.45, 2.75) is 6.92 Å². The number of hydrogen-bond donors (Lipinski definition) is 2. The predicted octanol–water partition coefficient (Wildman–Crippen LogP) is 3.20. The molecule has 1 amide bonds. The minimum atomic E-state index is -1.10. The summed E-state index contributed by atoms with van der Waals surface area (Å²) < 4.78 is 6.62. The van der Waals surface area contributed by atoms with Crippen molar-refractivity contribution in [3.63, 3.8) is 0 Å². The second-order valence-electron chi connectivity index (χ2n) is 5.07. The summed E-state index contributed by atoms with van der Waals surface area (Å²) in [4.78, 5) is 22.2. The minimum Gasteiger partial charge on any atom is -0.465 e. The van der Waals surface area contributed by atoms with Crippen molar-refractivity contribution >= 4 is 22.9 Å². The Morgan fingerprint density at radius 2 is 1.91 bits per heavy atom. The lowest BCUT2D eigenvalue weighted by atomic mass is 9.99. The van der Waals surface area contributed by atoms with Crippen molar-refractivity contribution in [2.24, 2.45) is 7.05 Å². The molecular weight excluding hydrogens is 284 g/mol. The Morgan fingerprint density at radius 1 is 1.23 bits per heavy atom. The van der Waals surface area contributed by atoms with Gasteiger partial charge >= 0.3 is 11.8 Å². The van der Waals surface area contributed by atoms with E-state index < -0.39 is 11.8 Å². The summed E-state index contributed by atoms with van der Waals surface area (Å²) in [5.41, 5.74) is 4.65. The fourth-order valence-corrected chi connectivity index (χ4v) is 2.44. The number of benzene rings is 2. The first-order valence-electron chi connectivity index (χ1n) is 6.66. The third kappa shape index (κ3) is 2.35. The van der Waals surface area contributed by atoms with E-state index in [-0.39, 0.29) is 0 Å². The molecule has 112 valence electrons. The molecule has 1 aromatic heterocycles. The Morgan fingerprint density at radius 3 is 2.55 bits per heavy atom. The van der Waals surface area contributed by atoms with Gasteiger partial charge in [0.05, 0.1) is 5.52 Å². The Labute approximate surface area is 125 Å². The average Bonchev–Trinajstić information content (AvgIpc) is 2.73. The van der Waals surface area contributed by atoms with Gasteiger partial charge in [-0.3, -0.25) is 9.88 Å².